The molecule has 1 amide bonds. The average molecular weight is 305 g/mol. The van der Waals surface area contributed by atoms with Gasteiger partial charge in [0.25, 0.3) is 0 Å². The van der Waals surface area contributed by atoms with E-state index in [9.17, 15) is 9.59 Å². The molecule has 0 spiro atoms. The third kappa shape index (κ3) is 3.09. The lowest BCUT2D eigenvalue weighted by atomic mass is 9.91. The van der Waals surface area contributed by atoms with Gasteiger partial charge < -0.3 is 5.32 Å². The number of hydrogen-bond donors (Lipinski definition) is 1. The second kappa shape index (κ2) is 6.21. The summed E-state index contributed by atoms with van der Waals surface area (Å²) in [5.41, 5.74) is 1.10. The molecule has 1 N–H and O–H groups in total. The second-order valence-corrected chi connectivity index (χ2v) is 5.87. The van der Waals surface area contributed by atoms with Crippen molar-refractivity contribution in [2.75, 3.05) is 0 Å². The van der Waals surface area contributed by atoms with Crippen LogP contribution in [0.3, 0.4) is 0 Å². The highest BCUT2D eigenvalue weighted by atomic mass is 16.2. The molecule has 0 saturated carbocycles. The van der Waals surface area contributed by atoms with Gasteiger partial charge in [-0.15, -0.1) is 0 Å². The van der Waals surface area contributed by atoms with Gasteiger partial charge in [0, 0.05) is 13.3 Å². The normalized spacial score (nSPS) is 12.3. The number of carbonyl (C=O) groups is 2. The molecule has 3 aromatic carbocycles. The highest BCUT2D eigenvalue weighted by Crippen LogP contribution is 2.29. The van der Waals surface area contributed by atoms with Gasteiger partial charge in [-0.1, -0.05) is 48.5 Å². The van der Waals surface area contributed by atoms with Crippen LogP contribution < -0.4 is 5.32 Å². The Hall–Kier alpha value is -2.68. The number of fused-ring (bicyclic) bond motifs is 2. The molecule has 0 aliphatic heterocycles. The van der Waals surface area contributed by atoms with Crippen molar-refractivity contribution in [2.45, 2.75) is 26.3 Å². The molecule has 1 atom stereocenters. The lowest BCUT2D eigenvalue weighted by Crippen LogP contribution is -2.40. The number of ketones is 1. The van der Waals surface area contributed by atoms with E-state index in [-0.39, 0.29) is 11.7 Å². The van der Waals surface area contributed by atoms with Gasteiger partial charge in [0.15, 0.2) is 5.78 Å². The molecule has 3 nitrogen and oxygen atoms in total. The number of benzene rings is 3. The summed E-state index contributed by atoms with van der Waals surface area (Å²) in [6.07, 6.45) is 0.497. The quantitative estimate of drug-likeness (QED) is 0.748. The fourth-order valence-corrected chi connectivity index (χ4v) is 3.07. The first-order valence-electron chi connectivity index (χ1n) is 7.73. The molecular weight excluding hydrogens is 286 g/mol. The Morgan fingerprint density at radius 3 is 1.91 bits per heavy atom. The van der Waals surface area contributed by atoms with Gasteiger partial charge >= 0.3 is 0 Å². The van der Waals surface area contributed by atoms with Crippen LogP contribution in [-0.2, 0) is 16.0 Å². The van der Waals surface area contributed by atoms with Crippen molar-refractivity contribution in [3.8, 4) is 0 Å². The molecule has 3 heteroatoms. The zero-order valence-electron chi connectivity index (χ0n) is 13.3. The van der Waals surface area contributed by atoms with Gasteiger partial charge in [0.1, 0.15) is 0 Å². The predicted molar refractivity (Wildman–Crippen MR) is 93.4 cm³/mol. The molecule has 0 aliphatic rings. The van der Waals surface area contributed by atoms with E-state index in [0.29, 0.717) is 6.42 Å². The molecule has 116 valence electrons. The molecule has 3 rings (SSSR count). The summed E-state index contributed by atoms with van der Waals surface area (Å²) in [6, 6.07) is 18.0. The van der Waals surface area contributed by atoms with Crippen LogP contribution >= 0.6 is 0 Å². The first-order valence-corrected chi connectivity index (χ1v) is 7.73. The molecule has 0 saturated heterocycles. The van der Waals surface area contributed by atoms with Gasteiger partial charge in [0.05, 0.1) is 6.04 Å². The Balaban J connectivity index is 2.19. The van der Waals surface area contributed by atoms with Gasteiger partial charge in [-0.3, -0.25) is 9.59 Å². The Labute approximate surface area is 135 Å². The second-order valence-electron chi connectivity index (χ2n) is 5.87. The average Bonchev–Trinajstić information content (AvgIpc) is 2.53. The highest BCUT2D eigenvalue weighted by molar-refractivity contribution is 6.03. The zero-order chi connectivity index (χ0) is 16.4. The molecule has 0 radical (unpaired) electrons. The van der Waals surface area contributed by atoms with E-state index in [1.54, 1.807) is 0 Å². The van der Waals surface area contributed by atoms with Crippen molar-refractivity contribution in [1.29, 1.82) is 0 Å². The van der Waals surface area contributed by atoms with Crippen LogP contribution in [-0.4, -0.2) is 17.7 Å². The van der Waals surface area contributed by atoms with E-state index in [2.05, 4.69) is 35.6 Å². The van der Waals surface area contributed by atoms with E-state index in [4.69, 9.17) is 0 Å². The highest BCUT2D eigenvalue weighted by Gasteiger charge is 2.18. The van der Waals surface area contributed by atoms with Crippen molar-refractivity contribution in [1.82, 2.24) is 5.32 Å². The van der Waals surface area contributed by atoms with Gasteiger partial charge in [0.2, 0.25) is 5.91 Å². The van der Waals surface area contributed by atoms with E-state index in [0.717, 1.165) is 27.1 Å². The van der Waals surface area contributed by atoms with E-state index < -0.39 is 6.04 Å². The first kappa shape index (κ1) is 15.2. The largest absolute Gasteiger partial charge is 0.346 e. The standard InChI is InChI=1S/C20H19NO2/c1-13(22)20(21-14(2)23)12-19-17-9-5-3-7-15(17)11-16-8-4-6-10-18(16)19/h3-11,20H,12H2,1-2H3,(H,21,23). The summed E-state index contributed by atoms with van der Waals surface area (Å²) in [5, 5.41) is 7.31. The van der Waals surface area contributed by atoms with Crippen LogP contribution in [0.2, 0.25) is 0 Å². The molecule has 0 fully saturated rings. The van der Waals surface area contributed by atoms with Gasteiger partial charge in [-0.05, 0) is 40.1 Å². The van der Waals surface area contributed by atoms with Gasteiger partial charge in [-0.25, -0.2) is 0 Å². The minimum atomic E-state index is -0.498. The maximum Gasteiger partial charge on any atom is 0.217 e. The SMILES string of the molecule is CC(=O)NC(Cc1c2ccccc2cc2ccccc12)C(C)=O. The van der Waals surface area contributed by atoms with E-state index in [1.807, 2.05) is 24.3 Å². The number of nitrogens with one attached hydrogen (secondary N) is 1. The molecule has 1 unspecified atom stereocenters. The molecule has 0 aliphatic carbocycles. The van der Waals surface area contributed by atoms with Gasteiger partial charge in [-0.2, -0.15) is 0 Å². The van der Waals surface area contributed by atoms with Crippen LogP contribution in [0.1, 0.15) is 19.4 Å². The lowest BCUT2D eigenvalue weighted by Gasteiger charge is -2.18. The predicted octanol–water partition coefficient (Wildman–Crippen LogP) is 3.63. The monoisotopic (exact) mass is 305 g/mol. The number of hydrogen-bond acceptors (Lipinski definition) is 2. The molecule has 0 aromatic heterocycles. The van der Waals surface area contributed by atoms with Crippen molar-refractivity contribution < 1.29 is 9.59 Å². The van der Waals surface area contributed by atoms with Crippen LogP contribution in [0.5, 0.6) is 0 Å². The fraction of sp³-hybridized carbons (Fsp3) is 0.200. The smallest absolute Gasteiger partial charge is 0.217 e. The summed E-state index contributed by atoms with van der Waals surface area (Å²) in [7, 11) is 0. The molecule has 23 heavy (non-hydrogen) atoms. The Bertz CT molecular complexity index is 844. The molecule has 0 bridgehead atoms. The third-order valence-electron chi connectivity index (χ3n) is 4.16. The number of Topliss-reactive ketones (excluding diaryl/α,β-unsaturated/α-hetero) is 1. The van der Waals surface area contributed by atoms with Crippen molar-refractivity contribution in [3.63, 3.8) is 0 Å². The topological polar surface area (TPSA) is 46.2 Å². The number of amides is 1. The van der Waals surface area contributed by atoms with Crippen LogP contribution in [0, 0.1) is 0 Å². The van der Waals surface area contributed by atoms with Crippen LogP contribution in [0.25, 0.3) is 21.5 Å². The Morgan fingerprint density at radius 1 is 0.913 bits per heavy atom. The third-order valence-corrected chi connectivity index (χ3v) is 4.16. The number of carbonyl (C=O) groups excluding carboxylic acids is 2. The zero-order valence-corrected chi connectivity index (χ0v) is 13.3. The lowest BCUT2D eigenvalue weighted by molar-refractivity contribution is -0.125. The minimum absolute atomic E-state index is 0.0304. The summed E-state index contributed by atoms with van der Waals surface area (Å²) in [5.74, 6) is -0.216. The summed E-state index contributed by atoms with van der Waals surface area (Å²) < 4.78 is 0. The molecule has 3 aromatic rings. The van der Waals surface area contributed by atoms with Crippen molar-refractivity contribution >= 4 is 33.2 Å². The fourth-order valence-electron chi connectivity index (χ4n) is 3.07. The van der Waals surface area contributed by atoms with Crippen LogP contribution in [0.15, 0.2) is 54.6 Å². The summed E-state index contributed by atoms with van der Waals surface area (Å²) in [4.78, 5) is 23.4. The Morgan fingerprint density at radius 2 is 1.43 bits per heavy atom. The Kier molecular flexibility index (Phi) is 4.11. The maximum absolute atomic E-state index is 11.9. The van der Waals surface area contributed by atoms with Crippen LogP contribution in [0.4, 0.5) is 0 Å². The maximum atomic E-state index is 11.9. The number of rotatable bonds is 4. The molecular formula is C20H19NO2. The van der Waals surface area contributed by atoms with E-state index in [1.165, 1.54) is 13.8 Å². The summed E-state index contributed by atoms with van der Waals surface area (Å²) >= 11 is 0. The molecule has 0 heterocycles. The first-order chi connectivity index (χ1) is 11.1. The van der Waals surface area contributed by atoms with E-state index >= 15 is 0 Å². The van der Waals surface area contributed by atoms with Crippen molar-refractivity contribution in [3.05, 3.63) is 60.2 Å². The summed E-state index contributed by atoms with van der Waals surface area (Å²) in [6.45, 7) is 2.96. The minimum Gasteiger partial charge on any atom is -0.346 e. The van der Waals surface area contributed by atoms with Crippen molar-refractivity contribution in [2.24, 2.45) is 0 Å².